The third-order valence-electron chi connectivity index (χ3n) is 5.91. The number of carbonyl (C=O) groups is 2. The Labute approximate surface area is 223 Å². The van der Waals surface area contributed by atoms with E-state index in [4.69, 9.17) is 4.74 Å². The van der Waals surface area contributed by atoms with Gasteiger partial charge in [0, 0.05) is 25.6 Å². The molecule has 3 aromatic rings. The van der Waals surface area contributed by atoms with Crippen molar-refractivity contribution in [2.24, 2.45) is 0 Å². The number of nitrogens with zero attached hydrogens (tertiary/aromatic N) is 2. The Morgan fingerprint density at radius 1 is 0.974 bits per heavy atom. The molecule has 0 bridgehead atoms. The van der Waals surface area contributed by atoms with Crippen molar-refractivity contribution in [1.82, 2.24) is 10.2 Å². The van der Waals surface area contributed by atoms with Gasteiger partial charge >= 0.3 is 0 Å². The Balaban J connectivity index is 2.03. The standard InChI is InChI=1S/C28H32FN3O5S/c1-4-30-28(34)26(17-21-9-6-5-7-10-21)31(19-22-13-15-23(29)16-14-22)27(33)20-32(38(3,35)36)24-11-8-12-25(18-24)37-2/h5-16,18,26H,4,17,19-20H2,1-3H3,(H,30,34). The molecular formula is C28H32FN3O5S. The molecule has 0 radical (unpaired) electrons. The van der Waals surface area contributed by atoms with Gasteiger partial charge in [0.15, 0.2) is 0 Å². The van der Waals surface area contributed by atoms with Crippen LogP contribution in [0.4, 0.5) is 10.1 Å². The van der Waals surface area contributed by atoms with E-state index in [9.17, 15) is 22.4 Å². The van der Waals surface area contributed by atoms with Gasteiger partial charge < -0.3 is 15.0 Å². The zero-order valence-electron chi connectivity index (χ0n) is 21.6. The number of carbonyl (C=O) groups excluding carboxylic acids is 2. The third-order valence-corrected chi connectivity index (χ3v) is 7.05. The number of nitrogens with one attached hydrogen (secondary N) is 1. The predicted octanol–water partition coefficient (Wildman–Crippen LogP) is 3.38. The van der Waals surface area contributed by atoms with Gasteiger partial charge in [0.25, 0.3) is 0 Å². The van der Waals surface area contributed by atoms with Gasteiger partial charge in [-0.1, -0.05) is 48.5 Å². The van der Waals surface area contributed by atoms with E-state index in [1.165, 1.54) is 42.3 Å². The Kier molecular flexibility index (Phi) is 9.84. The van der Waals surface area contributed by atoms with Gasteiger partial charge in [-0.15, -0.1) is 0 Å². The predicted molar refractivity (Wildman–Crippen MR) is 145 cm³/mol. The summed E-state index contributed by atoms with van der Waals surface area (Å²) in [6, 6.07) is 20.3. The molecule has 0 aromatic heterocycles. The van der Waals surface area contributed by atoms with E-state index in [-0.39, 0.29) is 24.6 Å². The first-order valence-corrected chi connectivity index (χ1v) is 13.9. The zero-order valence-corrected chi connectivity index (χ0v) is 22.4. The zero-order chi connectivity index (χ0) is 27.7. The monoisotopic (exact) mass is 541 g/mol. The summed E-state index contributed by atoms with van der Waals surface area (Å²) in [7, 11) is -2.43. The lowest BCUT2D eigenvalue weighted by Crippen LogP contribution is -2.53. The number of methoxy groups -OCH3 is 1. The lowest BCUT2D eigenvalue weighted by Gasteiger charge is -2.33. The van der Waals surface area contributed by atoms with Crippen LogP contribution in [0, 0.1) is 5.82 Å². The quantitative estimate of drug-likeness (QED) is 0.379. The molecule has 3 rings (SSSR count). The fourth-order valence-corrected chi connectivity index (χ4v) is 4.85. The molecule has 1 atom stereocenters. The van der Waals surface area contributed by atoms with Crippen molar-refractivity contribution < 1.29 is 27.1 Å². The van der Waals surface area contributed by atoms with Crippen LogP contribution in [0.1, 0.15) is 18.1 Å². The second kappa shape index (κ2) is 13.0. The maximum Gasteiger partial charge on any atom is 0.244 e. The fourth-order valence-electron chi connectivity index (χ4n) is 4.01. The van der Waals surface area contributed by atoms with Crippen molar-refractivity contribution >= 4 is 27.5 Å². The van der Waals surface area contributed by atoms with Crippen LogP contribution in [0.25, 0.3) is 0 Å². The van der Waals surface area contributed by atoms with Crippen LogP contribution < -0.4 is 14.4 Å². The van der Waals surface area contributed by atoms with E-state index in [1.807, 2.05) is 30.3 Å². The van der Waals surface area contributed by atoms with E-state index < -0.39 is 34.3 Å². The van der Waals surface area contributed by atoms with Gasteiger partial charge in [-0.05, 0) is 42.3 Å². The molecular weight excluding hydrogens is 509 g/mol. The summed E-state index contributed by atoms with van der Waals surface area (Å²) in [5, 5.41) is 2.79. The normalized spacial score (nSPS) is 11.9. The minimum atomic E-state index is -3.88. The maximum atomic E-state index is 13.9. The molecule has 0 heterocycles. The number of rotatable bonds is 12. The highest BCUT2D eigenvalue weighted by molar-refractivity contribution is 7.92. The first-order chi connectivity index (χ1) is 18.1. The Bertz CT molecular complexity index is 1330. The number of anilines is 1. The van der Waals surface area contributed by atoms with Crippen LogP contribution >= 0.6 is 0 Å². The molecule has 202 valence electrons. The molecule has 8 nitrogen and oxygen atoms in total. The fraction of sp³-hybridized carbons (Fsp3) is 0.286. The average Bonchev–Trinajstić information content (AvgIpc) is 2.90. The smallest absolute Gasteiger partial charge is 0.244 e. The number of halogens is 1. The van der Waals surface area contributed by atoms with Crippen LogP contribution in [0.15, 0.2) is 78.9 Å². The molecule has 0 saturated carbocycles. The van der Waals surface area contributed by atoms with E-state index in [0.717, 1.165) is 16.1 Å². The molecule has 38 heavy (non-hydrogen) atoms. The van der Waals surface area contributed by atoms with Gasteiger partial charge in [-0.25, -0.2) is 12.8 Å². The van der Waals surface area contributed by atoms with Crippen LogP contribution in [0.2, 0.25) is 0 Å². The Morgan fingerprint density at radius 3 is 2.26 bits per heavy atom. The van der Waals surface area contributed by atoms with E-state index >= 15 is 0 Å². The van der Waals surface area contributed by atoms with Crippen molar-refractivity contribution in [1.29, 1.82) is 0 Å². The summed E-state index contributed by atoms with van der Waals surface area (Å²) in [6.45, 7) is 1.56. The summed E-state index contributed by atoms with van der Waals surface area (Å²) in [5.74, 6) is -0.970. The van der Waals surface area contributed by atoms with Gasteiger partial charge in [-0.2, -0.15) is 0 Å². The molecule has 3 aromatic carbocycles. The Hall–Kier alpha value is -3.92. The number of hydrogen-bond acceptors (Lipinski definition) is 5. The second-order valence-electron chi connectivity index (χ2n) is 8.72. The van der Waals surface area contributed by atoms with Gasteiger partial charge in [0.2, 0.25) is 21.8 Å². The summed E-state index contributed by atoms with van der Waals surface area (Å²) in [5.41, 5.74) is 1.67. The highest BCUT2D eigenvalue weighted by Gasteiger charge is 2.32. The molecule has 1 N–H and O–H groups in total. The Morgan fingerprint density at radius 2 is 1.66 bits per heavy atom. The molecule has 2 amide bonds. The van der Waals surface area contributed by atoms with Crippen LogP contribution in [-0.4, -0.2) is 57.6 Å². The van der Waals surface area contributed by atoms with Crippen molar-refractivity contribution in [3.8, 4) is 5.75 Å². The van der Waals surface area contributed by atoms with Crippen LogP contribution in [0.5, 0.6) is 5.75 Å². The molecule has 0 aliphatic carbocycles. The van der Waals surface area contributed by atoms with Crippen LogP contribution in [0.3, 0.4) is 0 Å². The minimum Gasteiger partial charge on any atom is -0.497 e. The van der Waals surface area contributed by atoms with E-state index in [1.54, 1.807) is 25.1 Å². The molecule has 0 aliphatic heterocycles. The highest BCUT2D eigenvalue weighted by Crippen LogP contribution is 2.24. The number of likely N-dealkylation sites (N-methyl/N-ethyl adjacent to an activating group) is 1. The number of amides is 2. The minimum absolute atomic E-state index is 0.0243. The van der Waals surface area contributed by atoms with Gasteiger partial charge in [-0.3, -0.25) is 13.9 Å². The molecule has 10 heteroatoms. The first-order valence-electron chi connectivity index (χ1n) is 12.1. The SMILES string of the molecule is CCNC(=O)C(Cc1ccccc1)N(Cc1ccc(F)cc1)C(=O)CN(c1cccc(OC)c1)S(C)(=O)=O. The summed E-state index contributed by atoms with van der Waals surface area (Å²) >= 11 is 0. The number of benzene rings is 3. The van der Waals surface area contributed by atoms with Crippen molar-refractivity contribution in [3.63, 3.8) is 0 Å². The number of hydrogen-bond donors (Lipinski definition) is 1. The van der Waals surface area contributed by atoms with Gasteiger partial charge in [0.1, 0.15) is 24.2 Å². The average molecular weight is 542 g/mol. The van der Waals surface area contributed by atoms with Crippen molar-refractivity contribution in [3.05, 3.63) is 95.8 Å². The number of ether oxygens (including phenoxy) is 1. The van der Waals surface area contributed by atoms with Crippen LogP contribution in [-0.2, 0) is 32.6 Å². The summed E-state index contributed by atoms with van der Waals surface area (Å²) < 4.78 is 45.3. The van der Waals surface area contributed by atoms with Crippen molar-refractivity contribution in [2.75, 3.05) is 30.8 Å². The summed E-state index contributed by atoms with van der Waals surface area (Å²) in [4.78, 5) is 28.5. The molecule has 1 unspecified atom stereocenters. The largest absolute Gasteiger partial charge is 0.497 e. The van der Waals surface area contributed by atoms with E-state index in [0.29, 0.717) is 17.9 Å². The maximum absolute atomic E-state index is 13.9. The number of sulfonamides is 1. The van der Waals surface area contributed by atoms with E-state index in [2.05, 4.69) is 5.32 Å². The summed E-state index contributed by atoms with van der Waals surface area (Å²) in [6.07, 6.45) is 1.22. The lowest BCUT2D eigenvalue weighted by molar-refractivity contribution is -0.140. The second-order valence-corrected chi connectivity index (χ2v) is 10.6. The molecule has 0 saturated heterocycles. The first kappa shape index (κ1) is 28.6. The molecule has 0 fully saturated rings. The topological polar surface area (TPSA) is 96.0 Å². The molecule has 0 aliphatic rings. The van der Waals surface area contributed by atoms with Gasteiger partial charge in [0.05, 0.1) is 19.1 Å². The third kappa shape index (κ3) is 7.79. The van der Waals surface area contributed by atoms with Crippen molar-refractivity contribution in [2.45, 2.75) is 25.9 Å². The molecule has 0 spiro atoms. The lowest BCUT2D eigenvalue weighted by atomic mass is 10.0. The highest BCUT2D eigenvalue weighted by atomic mass is 32.2.